The zero-order chi connectivity index (χ0) is 16.9. The number of hydrogen-bond donors (Lipinski definition) is 2. The summed E-state index contributed by atoms with van der Waals surface area (Å²) < 4.78 is 3.32. The summed E-state index contributed by atoms with van der Waals surface area (Å²) in [4.78, 5) is 32.3. The van der Waals surface area contributed by atoms with Gasteiger partial charge < -0.3 is 16.0 Å². The fourth-order valence-corrected chi connectivity index (χ4v) is 2.72. The molecule has 0 saturated heterocycles. The first-order chi connectivity index (χ1) is 10.8. The average Bonchev–Trinajstić information content (AvgIpc) is 2.76. The minimum Gasteiger partial charge on any atom is -0.384 e. The highest BCUT2D eigenvalue weighted by Gasteiger charge is 2.23. The van der Waals surface area contributed by atoms with Crippen molar-refractivity contribution >= 4 is 22.8 Å². The van der Waals surface area contributed by atoms with E-state index in [-0.39, 0.29) is 16.8 Å². The normalized spacial score (nSPS) is 11.1. The number of nitrogen functional groups attached to an aromatic ring is 1. The van der Waals surface area contributed by atoms with E-state index >= 15 is 0 Å². The number of hydrogen-bond acceptors (Lipinski definition) is 5. The molecule has 23 heavy (non-hydrogen) atoms. The Labute approximate surface area is 131 Å². The molecule has 118 valence electrons. The van der Waals surface area contributed by atoms with Crippen LogP contribution in [0.5, 0.6) is 0 Å². The maximum atomic E-state index is 12.0. The van der Waals surface area contributed by atoms with E-state index in [1.807, 2.05) is 0 Å². The van der Waals surface area contributed by atoms with Crippen LogP contribution in [0.1, 0.15) is 21.7 Å². The maximum absolute atomic E-state index is 12.0. The van der Waals surface area contributed by atoms with E-state index in [1.165, 1.54) is 12.3 Å². The van der Waals surface area contributed by atoms with Crippen LogP contribution in [0.15, 0.2) is 23.3 Å². The molecule has 0 fully saturated rings. The second-order valence-electron chi connectivity index (χ2n) is 5.35. The molecule has 0 aromatic carbocycles. The molecule has 0 bridgehead atoms. The van der Waals surface area contributed by atoms with Gasteiger partial charge in [0, 0.05) is 31.1 Å². The van der Waals surface area contributed by atoms with Crippen molar-refractivity contribution in [3.8, 4) is 5.82 Å². The number of nitrogens with two attached hydrogens (primary N) is 2. The Morgan fingerprint density at radius 3 is 2.65 bits per heavy atom. The smallest absolute Gasteiger partial charge is 0.253 e. The third-order valence-corrected chi connectivity index (χ3v) is 3.81. The first-order valence-corrected chi connectivity index (χ1v) is 6.93. The lowest BCUT2D eigenvalue weighted by molar-refractivity contribution is 0.100. The van der Waals surface area contributed by atoms with Crippen molar-refractivity contribution in [2.24, 2.45) is 12.8 Å². The number of aryl methyl sites for hydroxylation is 2. The number of pyridine rings is 1. The molecule has 0 spiro atoms. The number of aromatic nitrogens is 4. The van der Waals surface area contributed by atoms with Gasteiger partial charge in [-0.15, -0.1) is 0 Å². The Morgan fingerprint density at radius 1 is 1.30 bits per heavy atom. The number of primary amides is 1. The fourth-order valence-electron chi connectivity index (χ4n) is 2.72. The molecule has 0 aliphatic rings. The first-order valence-electron chi connectivity index (χ1n) is 6.93. The van der Waals surface area contributed by atoms with Gasteiger partial charge in [0.05, 0.1) is 10.9 Å². The average molecular weight is 312 g/mol. The zero-order valence-corrected chi connectivity index (χ0v) is 13.0. The number of rotatable bonds is 2. The molecule has 8 nitrogen and oxygen atoms in total. The van der Waals surface area contributed by atoms with Crippen LogP contribution in [-0.2, 0) is 7.05 Å². The Bertz CT molecular complexity index is 1010. The predicted molar refractivity (Wildman–Crippen MR) is 86.5 cm³/mol. The van der Waals surface area contributed by atoms with Crippen LogP contribution in [0.25, 0.3) is 16.9 Å². The van der Waals surface area contributed by atoms with Crippen LogP contribution in [0.3, 0.4) is 0 Å². The summed E-state index contributed by atoms with van der Waals surface area (Å²) in [5.74, 6) is 0.519. The van der Waals surface area contributed by atoms with Gasteiger partial charge in [-0.3, -0.25) is 14.2 Å². The number of carbonyl (C=O) groups is 1. The molecule has 0 atom stereocenters. The number of fused-ring (bicyclic) bond motifs is 1. The summed E-state index contributed by atoms with van der Waals surface area (Å²) in [6.07, 6.45) is 3.15. The van der Waals surface area contributed by atoms with E-state index in [2.05, 4.69) is 9.97 Å². The molecule has 8 heteroatoms. The SMILES string of the molecule is Cc1ncc2c(C(N)=O)c(N)n(-c3c(C)c(=O)ccn3C)c2n1. The van der Waals surface area contributed by atoms with Crippen molar-refractivity contribution in [3.63, 3.8) is 0 Å². The van der Waals surface area contributed by atoms with Gasteiger partial charge in [-0.25, -0.2) is 9.97 Å². The lowest BCUT2D eigenvalue weighted by atomic mass is 10.2. The number of anilines is 1. The van der Waals surface area contributed by atoms with E-state index < -0.39 is 5.91 Å². The Hall–Kier alpha value is -3.16. The van der Waals surface area contributed by atoms with E-state index in [0.29, 0.717) is 28.2 Å². The topological polar surface area (TPSA) is 122 Å². The molecule has 1 amide bonds. The molecule has 0 aliphatic carbocycles. The summed E-state index contributed by atoms with van der Waals surface area (Å²) in [5, 5.41) is 0.455. The molecule has 4 N–H and O–H groups in total. The van der Waals surface area contributed by atoms with Gasteiger partial charge in [-0.2, -0.15) is 0 Å². The highest BCUT2D eigenvalue weighted by atomic mass is 16.1. The van der Waals surface area contributed by atoms with Crippen molar-refractivity contribution in [2.75, 3.05) is 5.73 Å². The van der Waals surface area contributed by atoms with Gasteiger partial charge >= 0.3 is 0 Å². The molecule has 0 unspecified atom stereocenters. The molecular weight excluding hydrogens is 296 g/mol. The molecular formula is C15H16N6O2. The minimum absolute atomic E-state index is 0.134. The maximum Gasteiger partial charge on any atom is 0.253 e. The fraction of sp³-hybridized carbons (Fsp3) is 0.200. The number of nitrogens with zero attached hydrogens (tertiary/aromatic N) is 4. The highest BCUT2D eigenvalue weighted by Crippen LogP contribution is 2.30. The van der Waals surface area contributed by atoms with Gasteiger partial charge in [0.15, 0.2) is 11.1 Å². The first kappa shape index (κ1) is 14.8. The molecule has 3 heterocycles. The third-order valence-electron chi connectivity index (χ3n) is 3.81. The van der Waals surface area contributed by atoms with Gasteiger partial charge in [0.1, 0.15) is 17.5 Å². The predicted octanol–water partition coefficient (Wildman–Crippen LogP) is 0.417. The van der Waals surface area contributed by atoms with E-state index in [1.54, 1.807) is 36.2 Å². The van der Waals surface area contributed by atoms with Crippen molar-refractivity contribution in [1.82, 2.24) is 19.1 Å². The zero-order valence-electron chi connectivity index (χ0n) is 13.0. The Kier molecular flexibility index (Phi) is 3.17. The molecule has 0 aliphatic heterocycles. The van der Waals surface area contributed by atoms with Gasteiger partial charge in [0.25, 0.3) is 5.91 Å². The van der Waals surface area contributed by atoms with Crippen LogP contribution in [0.2, 0.25) is 0 Å². The minimum atomic E-state index is -0.669. The Morgan fingerprint density at radius 2 is 2.00 bits per heavy atom. The second-order valence-corrected chi connectivity index (χ2v) is 5.35. The standard InChI is InChI=1S/C15H16N6O2/c1-7-10(22)4-5-20(3)15(7)21-12(16)11(13(17)23)9-6-18-8(2)19-14(9)21/h4-6H,16H2,1-3H3,(H2,17,23). The Balaban J connectivity index is 2.55. The van der Waals surface area contributed by atoms with Crippen LogP contribution in [0.4, 0.5) is 5.82 Å². The van der Waals surface area contributed by atoms with Crippen LogP contribution in [0, 0.1) is 13.8 Å². The van der Waals surface area contributed by atoms with Crippen LogP contribution >= 0.6 is 0 Å². The molecule has 0 radical (unpaired) electrons. The monoisotopic (exact) mass is 312 g/mol. The largest absolute Gasteiger partial charge is 0.384 e. The van der Waals surface area contributed by atoms with Crippen molar-refractivity contribution < 1.29 is 4.79 Å². The highest BCUT2D eigenvalue weighted by molar-refractivity contribution is 6.10. The summed E-state index contributed by atoms with van der Waals surface area (Å²) >= 11 is 0. The lowest BCUT2D eigenvalue weighted by Crippen LogP contribution is -2.18. The van der Waals surface area contributed by atoms with Crippen molar-refractivity contribution in [1.29, 1.82) is 0 Å². The van der Waals surface area contributed by atoms with Crippen molar-refractivity contribution in [3.05, 3.63) is 45.6 Å². The summed E-state index contributed by atoms with van der Waals surface area (Å²) in [6, 6.07) is 1.47. The quantitative estimate of drug-likeness (QED) is 0.710. The summed E-state index contributed by atoms with van der Waals surface area (Å²) in [7, 11) is 1.78. The van der Waals surface area contributed by atoms with Gasteiger partial charge in [-0.1, -0.05) is 0 Å². The van der Waals surface area contributed by atoms with Crippen LogP contribution < -0.4 is 16.9 Å². The van der Waals surface area contributed by atoms with Crippen molar-refractivity contribution in [2.45, 2.75) is 13.8 Å². The molecule has 3 rings (SSSR count). The second kappa shape index (κ2) is 4.94. The number of carbonyl (C=O) groups excluding carboxylic acids is 1. The van der Waals surface area contributed by atoms with E-state index in [4.69, 9.17) is 11.5 Å². The van der Waals surface area contributed by atoms with E-state index in [0.717, 1.165) is 0 Å². The van der Waals surface area contributed by atoms with E-state index in [9.17, 15) is 9.59 Å². The lowest BCUT2D eigenvalue weighted by Gasteiger charge is -2.15. The number of amides is 1. The molecule has 3 aromatic heterocycles. The van der Waals surface area contributed by atoms with Crippen LogP contribution in [-0.4, -0.2) is 25.0 Å². The molecule has 3 aromatic rings. The summed E-state index contributed by atoms with van der Waals surface area (Å²) in [5.41, 5.74) is 12.6. The van der Waals surface area contributed by atoms with Gasteiger partial charge in [-0.05, 0) is 13.8 Å². The third kappa shape index (κ3) is 2.07. The summed E-state index contributed by atoms with van der Waals surface area (Å²) in [6.45, 7) is 3.43. The molecule has 0 saturated carbocycles. The van der Waals surface area contributed by atoms with Gasteiger partial charge in [0.2, 0.25) is 0 Å².